The molecular formula is C9H21O5P. The molecule has 0 aliphatic carbocycles. The highest BCUT2D eigenvalue weighted by Gasteiger charge is 2.29. The summed E-state index contributed by atoms with van der Waals surface area (Å²) in [7, 11) is -3.44. The molecule has 0 aliphatic rings. The molecule has 0 radical (unpaired) electrons. The minimum Gasteiger partial charge on any atom is -0.396 e. The lowest BCUT2D eigenvalue weighted by atomic mass is 9.97. The van der Waals surface area contributed by atoms with Crippen molar-refractivity contribution < 1.29 is 23.2 Å². The Bertz CT molecular complexity index is 207. The Morgan fingerprint density at radius 2 is 1.60 bits per heavy atom. The molecular weight excluding hydrogens is 219 g/mol. The van der Waals surface area contributed by atoms with Crippen LogP contribution in [0.5, 0.6) is 0 Å². The molecule has 0 aromatic rings. The van der Waals surface area contributed by atoms with Crippen molar-refractivity contribution in [2.75, 3.05) is 26.4 Å². The predicted octanol–water partition coefficient (Wildman–Crippen LogP) is 2.20. The minimum atomic E-state index is -3.44. The molecule has 0 spiro atoms. The van der Waals surface area contributed by atoms with Crippen molar-refractivity contribution in [3.63, 3.8) is 0 Å². The zero-order chi connectivity index (χ0) is 11.9. The molecule has 5 nitrogen and oxygen atoms in total. The van der Waals surface area contributed by atoms with Gasteiger partial charge in [0.25, 0.3) is 0 Å². The highest BCUT2D eigenvalue weighted by Crippen LogP contribution is 2.50. The molecule has 0 amide bonds. The van der Waals surface area contributed by atoms with E-state index in [4.69, 9.17) is 18.7 Å². The second-order valence-corrected chi connectivity index (χ2v) is 5.55. The van der Waals surface area contributed by atoms with E-state index in [2.05, 4.69) is 0 Å². The summed E-state index contributed by atoms with van der Waals surface area (Å²) in [6.45, 7) is 7.63. The van der Waals surface area contributed by atoms with Crippen molar-refractivity contribution in [2.45, 2.75) is 27.7 Å². The Labute approximate surface area is 91.3 Å². The topological polar surface area (TPSA) is 65.0 Å². The van der Waals surface area contributed by atoms with E-state index in [1.165, 1.54) is 0 Å². The molecule has 15 heavy (non-hydrogen) atoms. The molecule has 0 aromatic heterocycles. The normalized spacial score (nSPS) is 13.1. The fraction of sp³-hybridized carbons (Fsp3) is 1.00. The Kier molecular flexibility index (Phi) is 6.64. The molecule has 0 fully saturated rings. The molecule has 0 atom stereocenters. The van der Waals surface area contributed by atoms with Crippen LogP contribution < -0.4 is 0 Å². The van der Waals surface area contributed by atoms with Gasteiger partial charge in [0.1, 0.15) is 0 Å². The first-order valence-corrected chi connectivity index (χ1v) is 6.49. The smallest absolute Gasteiger partial charge is 0.396 e. The third-order valence-corrected chi connectivity index (χ3v) is 3.21. The number of aliphatic hydroxyl groups excluding tert-OH is 1. The fourth-order valence-corrected chi connectivity index (χ4v) is 2.09. The van der Waals surface area contributed by atoms with Crippen molar-refractivity contribution in [1.29, 1.82) is 0 Å². The summed E-state index contributed by atoms with van der Waals surface area (Å²) in [6, 6.07) is 0. The zero-order valence-electron chi connectivity index (χ0n) is 9.86. The van der Waals surface area contributed by atoms with E-state index in [0.29, 0.717) is 0 Å². The molecule has 1 N–H and O–H groups in total. The maximum Gasteiger partial charge on any atom is 0.474 e. The second-order valence-electron chi connectivity index (χ2n) is 3.88. The summed E-state index contributed by atoms with van der Waals surface area (Å²) < 4.78 is 26.8. The molecule has 0 saturated carbocycles. The van der Waals surface area contributed by atoms with Gasteiger partial charge in [-0.15, -0.1) is 0 Å². The molecule has 0 aromatic carbocycles. The maximum atomic E-state index is 11.8. The molecule has 0 heterocycles. The van der Waals surface area contributed by atoms with Gasteiger partial charge >= 0.3 is 7.82 Å². The lowest BCUT2D eigenvalue weighted by molar-refractivity contribution is 0.0564. The first-order chi connectivity index (χ1) is 6.89. The summed E-state index contributed by atoms with van der Waals surface area (Å²) in [5.74, 6) is 0. The van der Waals surface area contributed by atoms with Crippen LogP contribution in [-0.2, 0) is 18.1 Å². The van der Waals surface area contributed by atoms with Crippen LogP contribution in [0.15, 0.2) is 0 Å². The van der Waals surface area contributed by atoms with E-state index in [-0.39, 0.29) is 26.4 Å². The molecule has 0 aliphatic heterocycles. The summed E-state index contributed by atoms with van der Waals surface area (Å²) in [6.07, 6.45) is 0. The van der Waals surface area contributed by atoms with Crippen LogP contribution >= 0.6 is 7.82 Å². The maximum absolute atomic E-state index is 11.8. The molecule has 0 bridgehead atoms. The van der Waals surface area contributed by atoms with Crippen molar-refractivity contribution in [1.82, 2.24) is 0 Å². The van der Waals surface area contributed by atoms with Gasteiger partial charge in [0.05, 0.1) is 26.4 Å². The Morgan fingerprint density at radius 1 is 1.13 bits per heavy atom. The minimum absolute atomic E-state index is 0.0503. The lowest BCUT2D eigenvalue weighted by Gasteiger charge is -2.24. The number of hydrogen-bond acceptors (Lipinski definition) is 5. The number of phosphoric ester groups is 1. The van der Waals surface area contributed by atoms with Gasteiger partial charge in [0, 0.05) is 5.41 Å². The van der Waals surface area contributed by atoms with Crippen LogP contribution in [0.3, 0.4) is 0 Å². The average Bonchev–Trinajstić information content (AvgIpc) is 2.16. The van der Waals surface area contributed by atoms with Crippen LogP contribution in [0, 0.1) is 5.41 Å². The number of rotatable bonds is 8. The summed E-state index contributed by atoms with van der Waals surface area (Å²) in [4.78, 5) is 0. The fourth-order valence-electron chi connectivity index (χ4n) is 0.727. The molecule has 0 saturated heterocycles. The molecule has 6 heteroatoms. The van der Waals surface area contributed by atoms with Gasteiger partial charge < -0.3 is 5.11 Å². The highest BCUT2D eigenvalue weighted by atomic mass is 31.2. The first kappa shape index (κ1) is 15.1. The SMILES string of the molecule is CCOP(=O)(OCC)OCC(C)(C)CO. The van der Waals surface area contributed by atoms with Gasteiger partial charge in [0.2, 0.25) is 0 Å². The molecule has 92 valence electrons. The van der Waals surface area contributed by atoms with Crippen molar-refractivity contribution in [3.8, 4) is 0 Å². The van der Waals surface area contributed by atoms with Crippen LogP contribution in [0.4, 0.5) is 0 Å². The second kappa shape index (κ2) is 6.61. The number of aliphatic hydroxyl groups is 1. The van der Waals surface area contributed by atoms with Gasteiger partial charge in [0.15, 0.2) is 0 Å². The van der Waals surface area contributed by atoms with Crippen molar-refractivity contribution in [2.24, 2.45) is 5.41 Å². The zero-order valence-corrected chi connectivity index (χ0v) is 10.8. The quantitative estimate of drug-likeness (QED) is 0.659. The first-order valence-electron chi connectivity index (χ1n) is 5.03. The third-order valence-electron chi connectivity index (χ3n) is 1.62. The number of phosphoric acid groups is 1. The van der Waals surface area contributed by atoms with E-state index in [1.54, 1.807) is 27.7 Å². The van der Waals surface area contributed by atoms with E-state index < -0.39 is 13.2 Å². The Morgan fingerprint density at radius 3 is 1.93 bits per heavy atom. The lowest BCUT2D eigenvalue weighted by Crippen LogP contribution is -2.23. The van der Waals surface area contributed by atoms with Gasteiger partial charge in [-0.05, 0) is 13.8 Å². The van der Waals surface area contributed by atoms with E-state index in [1.807, 2.05) is 0 Å². The van der Waals surface area contributed by atoms with Crippen LogP contribution in [-0.4, -0.2) is 31.5 Å². The predicted molar refractivity (Wildman–Crippen MR) is 57.7 cm³/mol. The summed E-state index contributed by atoms with van der Waals surface area (Å²) in [5, 5.41) is 9.00. The van der Waals surface area contributed by atoms with Gasteiger partial charge in [-0.1, -0.05) is 13.8 Å². The van der Waals surface area contributed by atoms with Gasteiger partial charge in [-0.2, -0.15) is 0 Å². The van der Waals surface area contributed by atoms with E-state index in [9.17, 15) is 4.57 Å². The van der Waals surface area contributed by atoms with Gasteiger partial charge in [-0.3, -0.25) is 13.6 Å². The Balaban J connectivity index is 4.24. The third kappa shape index (κ3) is 6.28. The van der Waals surface area contributed by atoms with Gasteiger partial charge in [-0.25, -0.2) is 4.57 Å². The number of hydrogen-bond donors (Lipinski definition) is 1. The highest BCUT2D eigenvalue weighted by molar-refractivity contribution is 7.48. The van der Waals surface area contributed by atoms with Crippen LogP contribution in [0.2, 0.25) is 0 Å². The molecule has 0 rings (SSSR count). The largest absolute Gasteiger partial charge is 0.474 e. The Hall–Kier alpha value is 0.0700. The average molecular weight is 240 g/mol. The standard InChI is InChI=1S/C9H21O5P/c1-5-12-15(11,13-6-2)14-8-9(3,4)7-10/h10H,5-8H2,1-4H3. The monoisotopic (exact) mass is 240 g/mol. The molecule has 0 unspecified atom stereocenters. The van der Waals surface area contributed by atoms with Crippen molar-refractivity contribution >= 4 is 7.82 Å². The summed E-state index contributed by atoms with van der Waals surface area (Å²) >= 11 is 0. The van der Waals surface area contributed by atoms with Crippen LogP contribution in [0.25, 0.3) is 0 Å². The van der Waals surface area contributed by atoms with Crippen LogP contribution in [0.1, 0.15) is 27.7 Å². The van der Waals surface area contributed by atoms with E-state index in [0.717, 1.165) is 0 Å². The van der Waals surface area contributed by atoms with E-state index >= 15 is 0 Å². The van der Waals surface area contributed by atoms with Crippen molar-refractivity contribution in [3.05, 3.63) is 0 Å². The summed E-state index contributed by atoms with van der Waals surface area (Å²) in [5.41, 5.74) is -0.455.